The van der Waals surface area contributed by atoms with Crippen LogP contribution in [0.15, 0.2) is 24.3 Å². The highest BCUT2D eigenvalue weighted by Gasteiger charge is 2.50. The average Bonchev–Trinajstić information content (AvgIpc) is 3.10. The first-order valence-corrected chi connectivity index (χ1v) is 11.7. The van der Waals surface area contributed by atoms with Gasteiger partial charge in [-0.05, 0) is 102 Å². The molecular weight excluding hydrogens is 392 g/mol. The topological polar surface area (TPSA) is 83.8 Å². The predicted octanol–water partition coefficient (Wildman–Crippen LogP) is 5.63. The summed E-state index contributed by atoms with van der Waals surface area (Å²) in [4.78, 5) is 21.1. The van der Waals surface area contributed by atoms with Crippen molar-refractivity contribution in [1.29, 1.82) is 0 Å². The normalized spacial score (nSPS) is 30.0. The number of carboxylic acid groups (broad SMARTS) is 1. The second-order valence-electron chi connectivity index (χ2n) is 10.6. The molecule has 5 aliphatic carbocycles. The SMILES string of the molecule is C=C(C)C(=O)O.C=C(C)C(=O)OC1(C(C)C)CCCC1.OC12C[C]3CC(CC(C3)C1)C2. The van der Waals surface area contributed by atoms with E-state index >= 15 is 0 Å². The number of carbonyl (C=O) groups excluding carboxylic acids is 1. The fraction of sp³-hybridized carbons (Fsp3) is 0.731. The Morgan fingerprint density at radius 2 is 1.52 bits per heavy atom. The minimum atomic E-state index is -0.935. The summed E-state index contributed by atoms with van der Waals surface area (Å²) in [5.41, 5.74) is 0.224. The molecule has 2 unspecified atom stereocenters. The predicted molar refractivity (Wildman–Crippen MR) is 122 cm³/mol. The quantitative estimate of drug-likeness (QED) is 0.443. The zero-order valence-electron chi connectivity index (χ0n) is 19.8. The van der Waals surface area contributed by atoms with E-state index in [0.29, 0.717) is 11.5 Å². The first-order valence-electron chi connectivity index (χ1n) is 11.7. The van der Waals surface area contributed by atoms with Gasteiger partial charge < -0.3 is 14.9 Å². The van der Waals surface area contributed by atoms with Gasteiger partial charge >= 0.3 is 11.9 Å². The third kappa shape index (κ3) is 6.93. The zero-order chi connectivity index (χ0) is 23.4. The lowest BCUT2D eigenvalue weighted by molar-refractivity contribution is -0.159. The van der Waals surface area contributed by atoms with E-state index in [1.54, 1.807) is 12.8 Å². The Balaban J connectivity index is 0.000000179. The third-order valence-corrected chi connectivity index (χ3v) is 7.25. The Labute approximate surface area is 187 Å². The van der Waals surface area contributed by atoms with Gasteiger partial charge in [0.2, 0.25) is 0 Å². The van der Waals surface area contributed by atoms with E-state index in [9.17, 15) is 14.7 Å². The van der Waals surface area contributed by atoms with E-state index in [1.165, 1.54) is 39.0 Å². The smallest absolute Gasteiger partial charge is 0.333 e. The molecular formula is C26H41O5. The molecule has 4 bridgehead atoms. The molecule has 0 aromatic heterocycles. The van der Waals surface area contributed by atoms with E-state index in [-0.39, 0.29) is 22.7 Å². The van der Waals surface area contributed by atoms with Gasteiger partial charge in [0.25, 0.3) is 0 Å². The molecule has 5 rings (SSSR count). The van der Waals surface area contributed by atoms with Crippen molar-refractivity contribution in [2.24, 2.45) is 17.8 Å². The molecule has 0 saturated heterocycles. The van der Waals surface area contributed by atoms with Crippen molar-refractivity contribution in [3.05, 3.63) is 30.2 Å². The summed E-state index contributed by atoms with van der Waals surface area (Å²) >= 11 is 0. The van der Waals surface area contributed by atoms with Gasteiger partial charge in [-0.1, -0.05) is 27.0 Å². The van der Waals surface area contributed by atoms with Crippen LogP contribution in [0, 0.1) is 23.7 Å². The minimum Gasteiger partial charge on any atom is -0.478 e. The van der Waals surface area contributed by atoms with E-state index in [1.807, 2.05) is 0 Å². The van der Waals surface area contributed by atoms with Crippen molar-refractivity contribution in [3.8, 4) is 0 Å². The van der Waals surface area contributed by atoms with Gasteiger partial charge in [-0.15, -0.1) is 0 Å². The summed E-state index contributed by atoms with van der Waals surface area (Å²) in [6, 6.07) is 0. The van der Waals surface area contributed by atoms with E-state index in [0.717, 1.165) is 43.9 Å². The number of carboxylic acids is 1. The van der Waals surface area contributed by atoms with Crippen LogP contribution in [-0.4, -0.2) is 33.4 Å². The van der Waals surface area contributed by atoms with Crippen molar-refractivity contribution in [2.75, 3.05) is 0 Å². The Morgan fingerprint density at radius 3 is 1.84 bits per heavy atom. The Morgan fingerprint density at radius 1 is 1.03 bits per heavy atom. The molecule has 0 amide bonds. The Hall–Kier alpha value is -1.62. The lowest BCUT2D eigenvalue weighted by atomic mass is 9.54. The summed E-state index contributed by atoms with van der Waals surface area (Å²) in [6.07, 6.45) is 11.7. The molecule has 2 N–H and O–H groups in total. The van der Waals surface area contributed by atoms with Crippen LogP contribution in [0.25, 0.3) is 0 Å². The van der Waals surface area contributed by atoms with Crippen molar-refractivity contribution >= 4 is 11.9 Å². The molecule has 0 spiro atoms. The molecule has 5 aliphatic rings. The second-order valence-corrected chi connectivity index (χ2v) is 10.6. The summed E-state index contributed by atoms with van der Waals surface area (Å²) in [5.74, 6) is 2.61. The molecule has 0 aromatic rings. The van der Waals surface area contributed by atoms with Gasteiger partial charge in [0, 0.05) is 11.1 Å². The molecule has 5 saturated carbocycles. The number of hydrogen-bond donors (Lipinski definition) is 2. The Kier molecular flexibility index (Phi) is 8.54. The van der Waals surface area contributed by atoms with Crippen LogP contribution in [0.1, 0.15) is 91.9 Å². The molecule has 5 fully saturated rings. The van der Waals surface area contributed by atoms with Gasteiger partial charge in [-0.25, -0.2) is 9.59 Å². The summed E-state index contributed by atoms with van der Waals surface area (Å²) in [7, 11) is 0. The largest absolute Gasteiger partial charge is 0.478 e. The number of aliphatic carboxylic acids is 1. The van der Waals surface area contributed by atoms with Crippen LogP contribution in [0.5, 0.6) is 0 Å². The number of ether oxygens (including phenoxy) is 1. The maximum absolute atomic E-state index is 11.5. The van der Waals surface area contributed by atoms with Gasteiger partial charge in [-0.2, -0.15) is 0 Å². The molecule has 5 nitrogen and oxygen atoms in total. The van der Waals surface area contributed by atoms with Gasteiger partial charge in [-0.3, -0.25) is 0 Å². The zero-order valence-corrected chi connectivity index (χ0v) is 19.8. The van der Waals surface area contributed by atoms with Crippen LogP contribution < -0.4 is 0 Å². The standard InChI is InChI=1S/C12H20O2.C10H15O.C4H6O2/c1-9(2)11(13)14-12(10(3)4)7-5-6-8-12;11-10-4-7-1-8(5-10)3-9(2-7)6-10;1-3(2)4(5)6/h10H,1,5-8H2,2-4H3;7-8,11H,1-6H2;1H2,2H3,(H,5,6). The molecule has 0 heterocycles. The highest BCUT2D eigenvalue weighted by atomic mass is 16.6. The van der Waals surface area contributed by atoms with Crippen LogP contribution in [0.3, 0.4) is 0 Å². The van der Waals surface area contributed by atoms with E-state index in [4.69, 9.17) is 9.84 Å². The van der Waals surface area contributed by atoms with Crippen LogP contribution in [0.4, 0.5) is 0 Å². The first kappa shape index (κ1) is 25.6. The van der Waals surface area contributed by atoms with E-state index in [2.05, 4.69) is 27.0 Å². The minimum absolute atomic E-state index is 0.176. The maximum Gasteiger partial charge on any atom is 0.333 e. The number of esters is 1. The van der Waals surface area contributed by atoms with Gasteiger partial charge in [0.15, 0.2) is 0 Å². The summed E-state index contributed by atoms with van der Waals surface area (Å²) < 4.78 is 5.58. The molecule has 5 heteroatoms. The highest BCUT2D eigenvalue weighted by Crippen LogP contribution is 2.56. The molecule has 1 radical (unpaired) electrons. The molecule has 31 heavy (non-hydrogen) atoms. The third-order valence-electron chi connectivity index (χ3n) is 7.25. The van der Waals surface area contributed by atoms with Gasteiger partial charge in [0.1, 0.15) is 5.60 Å². The van der Waals surface area contributed by atoms with Crippen molar-refractivity contribution in [2.45, 2.75) is 103 Å². The van der Waals surface area contributed by atoms with Crippen molar-refractivity contribution < 1.29 is 24.5 Å². The number of rotatable bonds is 4. The second kappa shape index (κ2) is 10.3. The van der Waals surface area contributed by atoms with E-state index < -0.39 is 5.97 Å². The number of aliphatic hydroxyl groups is 1. The molecule has 0 aromatic carbocycles. The number of hydrogen-bond acceptors (Lipinski definition) is 4. The lowest BCUT2D eigenvalue weighted by Gasteiger charge is -2.53. The number of carbonyl (C=O) groups is 2. The van der Waals surface area contributed by atoms with Crippen LogP contribution in [0.2, 0.25) is 0 Å². The summed E-state index contributed by atoms with van der Waals surface area (Å²) in [5, 5.41) is 18.0. The van der Waals surface area contributed by atoms with Crippen molar-refractivity contribution in [3.63, 3.8) is 0 Å². The fourth-order valence-corrected chi connectivity index (χ4v) is 5.80. The monoisotopic (exact) mass is 433 g/mol. The summed E-state index contributed by atoms with van der Waals surface area (Å²) in [6.45, 7) is 14.2. The first-order chi connectivity index (χ1) is 14.4. The van der Waals surface area contributed by atoms with Crippen molar-refractivity contribution in [1.82, 2.24) is 0 Å². The fourth-order valence-electron chi connectivity index (χ4n) is 5.80. The molecule has 175 valence electrons. The molecule has 0 aliphatic heterocycles. The Bertz CT molecular complexity index is 637. The highest BCUT2D eigenvalue weighted by molar-refractivity contribution is 5.87. The van der Waals surface area contributed by atoms with Crippen LogP contribution in [-0.2, 0) is 14.3 Å². The maximum atomic E-state index is 11.5. The molecule has 2 atom stereocenters. The van der Waals surface area contributed by atoms with Gasteiger partial charge in [0.05, 0.1) is 5.60 Å². The van der Waals surface area contributed by atoms with Crippen LogP contribution >= 0.6 is 0 Å². The lowest BCUT2D eigenvalue weighted by Crippen LogP contribution is -2.49. The average molecular weight is 434 g/mol.